The minimum atomic E-state index is -0.736. The predicted molar refractivity (Wildman–Crippen MR) is 89.8 cm³/mol. The van der Waals surface area contributed by atoms with Gasteiger partial charge in [-0.2, -0.15) is 9.48 Å². The highest BCUT2D eigenvalue weighted by Crippen LogP contribution is 2.26. The number of imide groups is 1. The Morgan fingerprint density at radius 2 is 2.00 bits per heavy atom. The van der Waals surface area contributed by atoms with E-state index in [0.29, 0.717) is 23.8 Å². The molecule has 2 heterocycles. The largest absolute Gasteiger partial charge is 0.496 e. The van der Waals surface area contributed by atoms with Gasteiger partial charge in [-0.15, -0.1) is 4.99 Å². The number of halogens is 1. The van der Waals surface area contributed by atoms with E-state index in [1.165, 1.54) is 22.9 Å². The van der Waals surface area contributed by atoms with Crippen LogP contribution in [0.4, 0.5) is 9.18 Å². The Morgan fingerprint density at radius 3 is 2.68 bits per heavy atom. The van der Waals surface area contributed by atoms with Crippen molar-refractivity contribution in [2.45, 2.75) is 19.9 Å². The van der Waals surface area contributed by atoms with E-state index in [4.69, 9.17) is 4.74 Å². The molecule has 1 unspecified atom stereocenters. The predicted octanol–water partition coefficient (Wildman–Crippen LogP) is 2.34. The lowest BCUT2D eigenvalue weighted by atomic mass is 9.99. The first kappa shape index (κ1) is 17.0. The van der Waals surface area contributed by atoms with Gasteiger partial charge in [-0.3, -0.25) is 4.79 Å². The Balaban J connectivity index is 1.92. The molecule has 0 radical (unpaired) electrons. The molecule has 1 atom stereocenters. The van der Waals surface area contributed by atoms with E-state index in [1.807, 2.05) is 6.92 Å². The second kappa shape index (κ2) is 6.96. The molecule has 3 amide bonds. The maximum atomic E-state index is 13.1. The number of nitrogens with zero attached hydrogens (tertiary/aromatic N) is 3. The van der Waals surface area contributed by atoms with E-state index in [9.17, 15) is 14.0 Å². The summed E-state index contributed by atoms with van der Waals surface area (Å²) in [5.74, 6) is -0.645. The minimum absolute atomic E-state index is 0.0663. The van der Waals surface area contributed by atoms with Gasteiger partial charge in [0.2, 0.25) is 0 Å². The summed E-state index contributed by atoms with van der Waals surface area (Å²) in [5.41, 5.74) is 0.666. The van der Waals surface area contributed by atoms with E-state index in [2.05, 4.69) is 4.99 Å². The molecule has 0 spiro atoms. The fraction of sp³-hybridized carbons (Fsp3) is 0.333. The number of dihydropyridines is 1. The van der Waals surface area contributed by atoms with Gasteiger partial charge in [0.15, 0.2) is 5.92 Å². The third-order valence-electron chi connectivity index (χ3n) is 4.09. The van der Waals surface area contributed by atoms with Crippen molar-refractivity contribution in [1.29, 1.82) is 0 Å². The number of aliphatic imine (C=N–C) groups is 1. The molecule has 0 bridgehead atoms. The molecule has 130 valence electrons. The average Bonchev–Trinajstić information content (AvgIpc) is 2.63. The first-order valence-corrected chi connectivity index (χ1v) is 8.10. The fourth-order valence-electron chi connectivity index (χ4n) is 2.80. The summed E-state index contributed by atoms with van der Waals surface area (Å²) in [6.07, 6.45) is 3.99. The van der Waals surface area contributed by atoms with Gasteiger partial charge in [-0.05, 0) is 24.1 Å². The van der Waals surface area contributed by atoms with Crippen LogP contribution in [0.15, 0.2) is 41.1 Å². The number of hydrogen-bond donors (Lipinski definition) is 0. The summed E-state index contributed by atoms with van der Waals surface area (Å²) in [6, 6.07) is 5.25. The van der Waals surface area contributed by atoms with Crippen LogP contribution in [0.1, 0.15) is 18.9 Å². The molecular weight excluding hydrogens is 325 g/mol. The van der Waals surface area contributed by atoms with E-state index in [0.717, 1.165) is 11.3 Å². The number of ether oxygens (including phenoxy) is 1. The van der Waals surface area contributed by atoms with Gasteiger partial charge in [-0.25, -0.2) is 9.18 Å². The van der Waals surface area contributed by atoms with Crippen LogP contribution in [0.25, 0.3) is 0 Å². The number of carbonyl (C=O) groups excluding carboxylic acids is 2. The lowest BCUT2D eigenvalue weighted by Crippen LogP contribution is -2.54. The molecule has 0 fully saturated rings. The van der Waals surface area contributed by atoms with E-state index < -0.39 is 11.9 Å². The van der Waals surface area contributed by atoms with Crippen molar-refractivity contribution in [3.05, 3.63) is 47.5 Å². The van der Waals surface area contributed by atoms with Crippen LogP contribution in [0.3, 0.4) is 0 Å². The smallest absolute Gasteiger partial charge is 0.445 e. The highest BCUT2D eigenvalue weighted by Gasteiger charge is 2.49. The van der Waals surface area contributed by atoms with Gasteiger partial charge in [0.25, 0.3) is 5.84 Å². The van der Waals surface area contributed by atoms with Crippen molar-refractivity contribution < 1.29 is 23.3 Å². The normalized spacial score (nSPS) is 19.9. The molecule has 0 saturated heterocycles. The summed E-state index contributed by atoms with van der Waals surface area (Å²) < 4.78 is 20.1. The first-order chi connectivity index (χ1) is 12.0. The third kappa shape index (κ3) is 3.22. The van der Waals surface area contributed by atoms with Crippen molar-refractivity contribution in [2.75, 3.05) is 13.7 Å². The standard InChI is InChI=1S/C18H19FN3O3/c1-3-10-25-14-8-9-20-16-15(14)17(23)22(18(24)21(16)2)11-12-4-6-13(19)7-5-12/h4-9,15H,3,10-11H2,1-2H3/q+1. The van der Waals surface area contributed by atoms with E-state index in [1.54, 1.807) is 25.3 Å². The van der Waals surface area contributed by atoms with Crippen molar-refractivity contribution in [3.8, 4) is 0 Å². The number of rotatable bonds is 5. The molecule has 0 saturated carbocycles. The molecule has 1 aromatic carbocycles. The van der Waals surface area contributed by atoms with Crippen molar-refractivity contribution in [2.24, 2.45) is 10.9 Å². The molecule has 3 rings (SSSR count). The molecule has 0 aromatic heterocycles. The van der Waals surface area contributed by atoms with Gasteiger partial charge >= 0.3 is 11.9 Å². The number of amides is 3. The van der Waals surface area contributed by atoms with Crippen LogP contribution in [0.5, 0.6) is 0 Å². The maximum absolute atomic E-state index is 13.1. The highest BCUT2D eigenvalue weighted by molar-refractivity contribution is 6.15. The Bertz CT molecular complexity index is 796. The van der Waals surface area contributed by atoms with Crippen molar-refractivity contribution in [3.63, 3.8) is 0 Å². The molecule has 2 aliphatic rings. The SMILES string of the molecule is CCCOC1=CC=NC2=[N+](C)C(=O)N(Cc3ccc(F)cc3)C(=O)C12. The fourth-order valence-corrected chi connectivity index (χ4v) is 2.80. The van der Waals surface area contributed by atoms with Crippen LogP contribution < -0.4 is 0 Å². The molecule has 2 aliphatic heterocycles. The number of benzene rings is 1. The Hall–Kier alpha value is -2.83. The van der Waals surface area contributed by atoms with Crippen molar-refractivity contribution >= 4 is 24.0 Å². The number of hydrogen-bond acceptors (Lipinski definition) is 4. The highest BCUT2D eigenvalue weighted by atomic mass is 19.1. The molecule has 7 heteroatoms. The van der Waals surface area contributed by atoms with Gasteiger partial charge in [0, 0.05) is 6.08 Å². The zero-order chi connectivity index (χ0) is 18.0. The van der Waals surface area contributed by atoms with E-state index >= 15 is 0 Å². The minimum Gasteiger partial charge on any atom is -0.496 e. The summed E-state index contributed by atoms with van der Waals surface area (Å²) in [6.45, 7) is 2.52. The molecule has 1 aromatic rings. The average molecular weight is 344 g/mol. The Kier molecular flexibility index (Phi) is 4.74. The van der Waals surface area contributed by atoms with Gasteiger partial charge in [-0.1, -0.05) is 19.1 Å². The topological polar surface area (TPSA) is 62.0 Å². The van der Waals surface area contributed by atoms with Crippen LogP contribution in [-0.4, -0.2) is 47.1 Å². The van der Waals surface area contributed by atoms with E-state index in [-0.39, 0.29) is 18.3 Å². The number of amidine groups is 1. The molecule has 6 nitrogen and oxygen atoms in total. The monoisotopic (exact) mass is 344 g/mol. The molecule has 25 heavy (non-hydrogen) atoms. The second-order valence-corrected chi connectivity index (χ2v) is 5.88. The number of urea groups is 1. The molecule has 0 N–H and O–H groups in total. The lowest BCUT2D eigenvalue weighted by Gasteiger charge is -2.28. The first-order valence-electron chi connectivity index (χ1n) is 8.10. The summed E-state index contributed by atoms with van der Waals surface area (Å²) >= 11 is 0. The number of carbonyl (C=O) groups is 2. The zero-order valence-electron chi connectivity index (χ0n) is 14.1. The van der Waals surface area contributed by atoms with Crippen LogP contribution >= 0.6 is 0 Å². The second-order valence-electron chi connectivity index (χ2n) is 5.88. The number of allylic oxidation sites excluding steroid dienone is 1. The van der Waals surface area contributed by atoms with Gasteiger partial charge < -0.3 is 4.74 Å². The Morgan fingerprint density at radius 1 is 1.28 bits per heavy atom. The summed E-state index contributed by atoms with van der Waals surface area (Å²) in [7, 11) is 1.58. The summed E-state index contributed by atoms with van der Waals surface area (Å²) in [4.78, 5) is 30.9. The quantitative estimate of drug-likeness (QED) is 0.770. The molecule has 0 aliphatic carbocycles. The lowest BCUT2D eigenvalue weighted by molar-refractivity contribution is -0.409. The van der Waals surface area contributed by atoms with Gasteiger partial charge in [0.05, 0.1) is 13.7 Å². The Labute approximate surface area is 144 Å². The van der Waals surface area contributed by atoms with Crippen LogP contribution in [0.2, 0.25) is 0 Å². The third-order valence-corrected chi connectivity index (χ3v) is 4.09. The summed E-state index contributed by atoms with van der Waals surface area (Å²) in [5, 5.41) is 0. The van der Waals surface area contributed by atoms with Crippen LogP contribution in [-0.2, 0) is 16.1 Å². The van der Waals surface area contributed by atoms with Crippen molar-refractivity contribution in [1.82, 2.24) is 4.90 Å². The van der Waals surface area contributed by atoms with Gasteiger partial charge in [0.1, 0.15) is 24.3 Å². The molecular formula is C18H19FN3O3+. The number of fused-ring (bicyclic) bond motifs is 1. The maximum Gasteiger partial charge on any atom is 0.445 e. The van der Waals surface area contributed by atoms with Crippen LogP contribution in [0, 0.1) is 11.7 Å². The zero-order valence-corrected chi connectivity index (χ0v) is 14.1.